The Hall–Kier alpha value is -0.770. The minimum absolute atomic E-state index is 0.610. The molecule has 0 aromatic heterocycles. The molecule has 0 saturated carbocycles. The third-order valence-corrected chi connectivity index (χ3v) is 2.46. The number of hydroxylamine groups is 1. The van der Waals surface area contributed by atoms with Gasteiger partial charge in [0.1, 0.15) is 5.75 Å². The number of hydrogen-bond donors (Lipinski definition) is 1. The maximum Gasteiger partial charge on any atom is 0.120 e. The first-order valence-electron chi connectivity index (χ1n) is 4.28. The minimum atomic E-state index is 0.610. The summed E-state index contributed by atoms with van der Waals surface area (Å²) in [4.78, 5) is 4.78. The molecule has 1 rings (SSSR count). The molecular formula is C10H14ClNO2. The second-order valence-corrected chi connectivity index (χ2v) is 3.33. The molecule has 0 aliphatic heterocycles. The van der Waals surface area contributed by atoms with Crippen LogP contribution in [0.1, 0.15) is 11.1 Å². The van der Waals surface area contributed by atoms with Crippen molar-refractivity contribution < 1.29 is 9.57 Å². The Bertz CT molecular complexity index is 315. The Balaban J connectivity index is 2.95. The van der Waals surface area contributed by atoms with Gasteiger partial charge in [-0.25, -0.2) is 0 Å². The van der Waals surface area contributed by atoms with Gasteiger partial charge in [0.2, 0.25) is 0 Å². The van der Waals surface area contributed by atoms with Crippen LogP contribution in [0.2, 0.25) is 5.02 Å². The number of rotatable bonds is 4. The lowest BCUT2D eigenvalue weighted by Gasteiger charge is -2.10. The average Bonchev–Trinajstić information content (AvgIpc) is 2.20. The fourth-order valence-electron chi connectivity index (χ4n) is 1.16. The Kier molecular flexibility index (Phi) is 4.20. The number of methoxy groups -OCH3 is 1. The summed E-state index contributed by atoms with van der Waals surface area (Å²) in [6.45, 7) is 2.58. The van der Waals surface area contributed by atoms with Crippen molar-refractivity contribution in [3.05, 3.63) is 28.3 Å². The van der Waals surface area contributed by atoms with Crippen molar-refractivity contribution >= 4 is 11.6 Å². The van der Waals surface area contributed by atoms with Crippen molar-refractivity contribution in [1.82, 2.24) is 5.48 Å². The van der Waals surface area contributed by atoms with Crippen molar-refractivity contribution in [2.24, 2.45) is 0 Å². The van der Waals surface area contributed by atoms with Crippen molar-refractivity contribution in [1.29, 1.82) is 0 Å². The van der Waals surface area contributed by atoms with Crippen LogP contribution in [0.25, 0.3) is 0 Å². The van der Waals surface area contributed by atoms with E-state index in [9.17, 15) is 0 Å². The summed E-state index contributed by atoms with van der Waals surface area (Å²) in [6, 6.07) is 3.74. The van der Waals surface area contributed by atoms with E-state index >= 15 is 0 Å². The third-order valence-electron chi connectivity index (χ3n) is 2.07. The summed E-state index contributed by atoms with van der Waals surface area (Å²) in [6.07, 6.45) is 0. The average molecular weight is 216 g/mol. The van der Waals surface area contributed by atoms with Crippen LogP contribution >= 0.6 is 11.6 Å². The number of benzene rings is 1. The quantitative estimate of drug-likeness (QED) is 0.782. The van der Waals surface area contributed by atoms with E-state index in [0.717, 1.165) is 16.9 Å². The highest BCUT2D eigenvalue weighted by molar-refractivity contribution is 6.31. The molecule has 1 N–H and O–H groups in total. The normalized spacial score (nSPS) is 10.3. The largest absolute Gasteiger partial charge is 0.497 e. The van der Waals surface area contributed by atoms with Gasteiger partial charge in [-0.3, -0.25) is 0 Å². The van der Waals surface area contributed by atoms with Gasteiger partial charge >= 0.3 is 0 Å². The second-order valence-electron chi connectivity index (χ2n) is 2.92. The molecule has 0 spiro atoms. The van der Waals surface area contributed by atoms with Crippen molar-refractivity contribution in [2.75, 3.05) is 14.2 Å². The van der Waals surface area contributed by atoms with Crippen LogP contribution in [-0.2, 0) is 11.4 Å². The third kappa shape index (κ3) is 2.61. The molecule has 0 atom stereocenters. The molecule has 0 aliphatic carbocycles. The van der Waals surface area contributed by atoms with Crippen LogP contribution in [0.15, 0.2) is 12.1 Å². The number of nitrogens with one attached hydrogen (secondary N) is 1. The smallest absolute Gasteiger partial charge is 0.120 e. The Morgan fingerprint density at radius 2 is 2.07 bits per heavy atom. The lowest BCUT2D eigenvalue weighted by molar-refractivity contribution is 0.0865. The molecule has 0 unspecified atom stereocenters. The van der Waals surface area contributed by atoms with Gasteiger partial charge in [0.15, 0.2) is 0 Å². The first kappa shape index (κ1) is 11.3. The number of hydrogen-bond acceptors (Lipinski definition) is 3. The van der Waals surface area contributed by atoms with Crippen LogP contribution < -0.4 is 10.2 Å². The SMILES string of the molecule is CONCc1cc(OC)cc(Cl)c1C. The molecule has 14 heavy (non-hydrogen) atoms. The molecule has 0 heterocycles. The topological polar surface area (TPSA) is 30.5 Å². The summed E-state index contributed by atoms with van der Waals surface area (Å²) >= 11 is 6.03. The van der Waals surface area contributed by atoms with Crippen LogP contribution in [0.5, 0.6) is 5.75 Å². The van der Waals surface area contributed by atoms with Gasteiger partial charge in [-0.15, -0.1) is 0 Å². The van der Waals surface area contributed by atoms with E-state index in [2.05, 4.69) is 5.48 Å². The van der Waals surface area contributed by atoms with Gasteiger partial charge in [-0.2, -0.15) is 5.48 Å². The molecule has 4 heteroatoms. The van der Waals surface area contributed by atoms with Gasteiger partial charge in [-0.1, -0.05) is 11.6 Å². The van der Waals surface area contributed by atoms with Gasteiger partial charge < -0.3 is 9.57 Å². The predicted molar refractivity (Wildman–Crippen MR) is 56.6 cm³/mol. The van der Waals surface area contributed by atoms with E-state index in [1.165, 1.54) is 0 Å². The molecule has 78 valence electrons. The molecule has 0 radical (unpaired) electrons. The molecule has 3 nitrogen and oxygen atoms in total. The molecular weight excluding hydrogens is 202 g/mol. The summed E-state index contributed by atoms with van der Waals surface area (Å²) in [5.74, 6) is 0.758. The zero-order valence-corrected chi connectivity index (χ0v) is 9.31. The zero-order valence-electron chi connectivity index (χ0n) is 8.56. The Morgan fingerprint density at radius 1 is 1.36 bits per heavy atom. The van der Waals surface area contributed by atoms with Crippen LogP contribution in [0, 0.1) is 6.92 Å². The number of ether oxygens (including phenoxy) is 1. The van der Waals surface area contributed by atoms with Crippen LogP contribution in [0.3, 0.4) is 0 Å². The predicted octanol–water partition coefficient (Wildman–Crippen LogP) is 2.31. The van der Waals surface area contributed by atoms with E-state index in [1.54, 1.807) is 20.3 Å². The molecule has 1 aromatic rings. The van der Waals surface area contributed by atoms with E-state index in [0.29, 0.717) is 11.6 Å². The van der Waals surface area contributed by atoms with Crippen LogP contribution in [-0.4, -0.2) is 14.2 Å². The van der Waals surface area contributed by atoms with Gasteiger partial charge in [-0.05, 0) is 30.2 Å². The van der Waals surface area contributed by atoms with Gasteiger partial charge in [0.25, 0.3) is 0 Å². The fraction of sp³-hybridized carbons (Fsp3) is 0.400. The maximum absolute atomic E-state index is 6.03. The first-order chi connectivity index (χ1) is 6.69. The summed E-state index contributed by atoms with van der Waals surface area (Å²) in [5.41, 5.74) is 4.87. The Morgan fingerprint density at radius 3 is 2.64 bits per heavy atom. The maximum atomic E-state index is 6.03. The molecule has 0 saturated heterocycles. The molecule has 0 fully saturated rings. The first-order valence-corrected chi connectivity index (χ1v) is 4.65. The monoisotopic (exact) mass is 215 g/mol. The summed E-state index contributed by atoms with van der Waals surface area (Å²) < 4.78 is 5.12. The molecule has 0 bridgehead atoms. The second kappa shape index (κ2) is 5.20. The standard InChI is InChI=1S/C10H14ClNO2/c1-7-8(6-12-14-3)4-9(13-2)5-10(7)11/h4-5,12H,6H2,1-3H3. The highest BCUT2D eigenvalue weighted by atomic mass is 35.5. The van der Waals surface area contributed by atoms with E-state index in [1.807, 2.05) is 13.0 Å². The van der Waals surface area contributed by atoms with E-state index in [-0.39, 0.29) is 0 Å². The summed E-state index contributed by atoms with van der Waals surface area (Å²) in [7, 11) is 3.20. The lowest BCUT2D eigenvalue weighted by atomic mass is 10.1. The van der Waals surface area contributed by atoms with Crippen molar-refractivity contribution in [3.63, 3.8) is 0 Å². The van der Waals surface area contributed by atoms with E-state index < -0.39 is 0 Å². The molecule has 1 aromatic carbocycles. The van der Waals surface area contributed by atoms with Crippen molar-refractivity contribution in [3.8, 4) is 5.75 Å². The van der Waals surface area contributed by atoms with Crippen LogP contribution in [0.4, 0.5) is 0 Å². The van der Waals surface area contributed by atoms with Gasteiger partial charge in [0, 0.05) is 11.6 Å². The fourth-order valence-corrected chi connectivity index (χ4v) is 1.39. The highest BCUT2D eigenvalue weighted by Gasteiger charge is 2.05. The zero-order chi connectivity index (χ0) is 10.6. The van der Waals surface area contributed by atoms with Crippen molar-refractivity contribution in [2.45, 2.75) is 13.5 Å². The highest BCUT2D eigenvalue weighted by Crippen LogP contribution is 2.25. The Labute approximate surface area is 88.9 Å². The minimum Gasteiger partial charge on any atom is -0.497 e. The lowest BCUT2D eigenvalue weighted by Crippen LogP contribution is -2.12. The van der Waals surface area contributed by atoms with E-state index in [4.69, 9.17) is 21.2 Å². The molecule has 0 amide bonds. The van der Waals surface area contributed by atoms with Gasteiger partial charge in [0.05, 0.1) is 14.2 Å². The number of halogens is 1. The molecule has 0 aliphatic rings. The summed E-state index contributed by atoms with van der Waals surface area (Å²) in [5, 5.41) is 0.706.